The molecule has 1 fully saturated rings. The molecule has 39 heavy (non-hydrogen) atoms. The zero-order valence-electron chi connectivity index (χ0n) is 20.5. The van der Waals surface area contributed by atoms with Gasteiger partial charge in [0.1, 0.15) is 18.2 Å². The number of ketones is 1. The highest BCUT2D eigenvalue weighted by atomic mass is 127. The number of anilines is 1. The van der Waals surface area contributed by atoms with Gasteiger partial charge < -0.3 is 20.1 Å². The van der Waals surface area contributed by atoms with E-state index in [1.54, 1.807) is 0 Å². The zero-order chi connectivity index (χ0) is 27.7. The van der Waals surface area contributed by atoms with Crippen LogP contribution in [0.25, 0.3) is 10.9 Å². The Morgan fingerprint density at radius 1 is 1.15 bits per heavy atom. The number of para-hydroxylation sites is 1. The van der Waals surface area contributed by atoms with Gasteiger partial charge in [0, 0.05) is 44.9 Å². The predicted octanol–water partition coefficient (Wildman–Crippen LogP) is 2.06. The molecule has 11 nitrogen and oxygen atoms in total. The average molecular weight is 663 g/mol. The van der Waals surface area contributed by atoms with Crippen LogP contribution in [0.2, 0.25) is 0 Å². The number of fused-ring (bicyclic) bond motifs is 1. The van der Waals surface area contributed by atoms with E-state index >= 15 is 0 Å². The molecule has 5 N–H and O–H groups in total. The maximum absolute atomic E-state index is 13.9. The van der Waals surface area contributed by atoms with Crippen LogP contribution in [0.5, 0.6) is 0 Å². The van der Waals surface area contributed by atoms with Crippen molar-refractivity contribution in [2.45, 2.75) is 31.2 Å². The van der Waals surface area contributed by atoms with Crippen LogP contribution in [0.4, 0.5) is 5.82 Å². The lowest BCUT2D eigenvalue weighted by Crippen LogP contribution is -2.36. The summed E-state index contributed by atoms with van der Waals surface area (Å²) in [5.74, 6) is -0.817. The molecule has 2 aromatic heterocycles. The summed E-state index contributed by atoms with van der Waals surface area (Å²) in [6, 6.07) is 15.1. The summed E-state index contributed by atoms with van der Waals surface area (Å²) in [4.78, 5) is 22.1. The van der Waals surface area contributed by atoms with Gasteiger partial charge in [0.15, 0.2) is 5.78 Å². The first-order chi connectivity index (χ1) is 18.6. The van der Waals surface area contributed by atoms with Gasteiger partial charge in [-0.15, -0.1) is 0 Å². The zero-order valence-corrected chi connectivity index (χ0v) is 23.5. The van der Waals surface area contributed by atoms with E-state index in [-0.39, 0.29) is 30.2 Å². The van der Waals surface area contributed by atoms with E-state index in [0.29, 0.717) is 12.1 Å². The minimum Gasteiger partial charge on any atom is -0.390 e. The van der Waals surface area contributed by atoms with Crippen molar-refractivity contribution in [3.63, 3.8) is 0 Å². The topological polar surface area (TPSA) is 170 Å². The number of aliphatic hydroxyl groups is 2. The molecule has 4 atom stereocenters. The highest BCUT2D eigenvalue weighted by Crippen LogP contribution is 2.31. The average Bonchev–Trinajstić information content (AvgIpc) is 3.39. The number of carbonyl (C=O) groups is 1. The molecule has 0 bridgehead atoms. The molecular weight excluding hydrogens is 637 g/mol. The van der Waals surface area contributed by atoms with Crippen LogP contribution >= 0.6 is 22.6 Å². The van der Waals surface area contributed by atoms with E-state index in [2.05, 4.69) is 48.1 Å². The van der Waals surface area contributed by atoms with Gasteiger partial charge >= 0.3 is 10.3 Å². The molecule has 4 aromatic rings. The monoisotopic (exact) mass is 663 g/mol. The molecule has 1 saturated carbocycles. The summed E-state index contributed by atoms with van der Waals surface area (Å²) in [5, 5.41) is 29.7. The minimum atomic E-state index is -4.20. The van der Waals surface area contributed by atoms with Gasteiger partial charge in [-0.25, -0.2) is 15.1 Å². The summed E-state index contributed by atoms with van der Waals surface area (Å²) < 4.78 is 30.1. The Morgan fingerprint density at radius 2 is 1.95 bits per heavy atom. The van der Waals surface area contributed by atoms with Crippen LogP contribution in [-0.4, -0.2) is 63.8 Å². The highest BCUT2D eigenvalue weighted by Gasteiger charge is 2.42. The second-order valence-electron chi connectivity index (χ2n) is 9.44. The Labute approximate surface area is 238 Å². The third-order valence-corrected chi connectivity index (χ3v) is 7.94. The van der Waals surface area contributed by atoms with Crippen molar-refractivity contribution >= 4 is 55.4 Å². The molecule has 1 aliphatic rings. The van der Waals surface area contributed by atoms with Crippen molar-refractivity contribution in [1.82, 2.24) is 14.5 Å². The van der Waals surface area contributed by atoms with Crippen molar-refractivity contribution in [2.24, 2.45) is 11.1 Å². The molecule has 0 radical (unpaired) electrons. The maximum atomic E-state index is 13.9. The molecule has 0 unspecified atom stereocenters. The number of rotatable bonds is 9. The molecule has 0 amide bonds. The predicted molar refractivity (Wildman–Crippen MR) is 152 cm³/mol. The Kier molecular flexibility index (Phi) is 7.98. The normalized spacial score (nSPS) is 21.3. The molecule has 13 heteroatoms. The third-order valence-electron chi connectivity index (χ3n) is 6.80. The van der Waals surface area contributed by atoms with Crippen LogP contribution in [-0.2, 0) is 21.0 Å². The summed E-state index contributed by atoms with van der Waals surface area (Å²) in [7, 11) is -4.20. The number of hydrogen-bond donors (Lipinski definition) is 4. The number of nitrogens with zero attached hydrogens (tertiary/aromatic N) is 3. The lowest BCUT2D eigenvalue weighted by Gasteiger charge is -2.19. The minimum absolute atomic E-state index is 0.157. The van der Waals surface area contributed by atoms with E-state index in [9.17, 15) is 23.4 Å². The quantitative estimate of drug-likeness (QED) is 0.155. The summed E-state index contributed by atoms with van der Waals surface area (Å²) in [6.07, 6.45) is 2.14. The second-order valence-corrected chi connectivity index (χ2v) is 11.9. The standard InChI is InChI=1S/C26H26IN5O6S/c27-17-5-3-4-15(8-17)11-32-12-20(18-6-1-2-7-22(18)32)24(34)19-10-29-14-30-26(19)31-21-9-16(23(33)25(21)35)13-38-39(28,36)37/h1-8,10,12,14,16,21,23,25,33,35H,9,11,13H2,(H2,28,36,37)(H,29,30,31)/t16-,21-,23-,25+/m1/s1. The summed E-state index contributed by atoms with van der Waals surface area (Å²) in [6.45, 7) is 0.194. The molecule has 0 aliphatic heterocycles. The van der Waals surface area contributed by atoms with Gasteiger partial charge in [-0.2, -0.15) is 8.42 Å². The molecular formula is C26H26IN5O6S. The van der Waals surface area contributed by atoms with Crippen LogP contribution < -0.4 is 10.5 Å². The molecule has 2 heterocycles. The van der Waals surface area contributed by atoms with Gasteiger partial charge in [0.2, 0.25) is 0 Å². The number of aromatic nitrogens is 3. The number of hydrogen-bond acceptors (Lipinski definition) is 9. The molecule has 2 aromatic carbocycles. The SMILES string of the molecule is NS(=O)(=O)OC[C@H]1C[C@@H](Nc2ncncc2C(=O)c2cn(Cc3cccc(I)c3)c3ccccc23)[C@H](O)[C@@H]1O. The fraction of sp³-hybridized carbons (Fsp3) is 0.269. The number of aliphatic hydroxyl groups excluding tert-OH is 2. The van der Waals surface area contributed by atoms with Crippen molar-refractivity contribution in [1.29, 1.82) is 0 Å². The number of benzene rings is 2. The van der Waals surface area contributed by atoms with Gasteiger partial charge in [0.05, 0.1) is 24.3 Å². The lowest BCUT2D eigenvalue weighted by molar-refractivity contribution is 0.00778. The Balaban J connectivity index is 1.42. The van der Waals surface area contributed by atoms with Crippen LogP contribution in [0, 0.1) is 9.49 Å². The summed E-state index contributed by atoms with van der Waals surface area (Å²) >= 11 is 2.27. The van der Waals surface area contributed by atoms with Gasteiger partial charge in [-0.3, -0.25) is 8.98 Å². The smallest absolute Gasteiger partial charge is 0.333 e. The first-order valence-electron chi connectivity index (χ1n) is 12.1. The van der Waals surface area contributed by atoms with Gasteiger partial charge in [0.25, 0.3) is 0 Å². The maximum Gasteiger partial charge on any atom is 0.333 e. The largest absolute Gasteiger partial charge is 0.390 e. The van der Waals surface area contributed by atoms with Gasteiger partial charge in [-0.05, 0) is 52.8 Å². The van der Waals surface area contributed by atoms with E-state index < -0.39 is 34.5 Å². The second kappa shape index (κ2) is 11.3. The number of nitrogens with two attached hydrogens (primary N) is 1. The van der Waals surface area contributed by atoms with E-state index in [0.717, 1.165) is 20.0 Å². The van der Waals surface area contributed by atoms with E-state index in [1.165, 1.54) is 12.5 Å². The van der Waals surface area contributed by atoms with Crippen LogP contribution in [0.3, 0.4) is 0 Å². The highest BCUT2D eigenvalue weighted by molar-refractivity contribution is 14.1. The van der Waals surface area contributed by atoms with E-state index in [4.69, 9.17) is 5.14 Å². The van der Waals surface area contributed by atoms with E-state index in [1.807, 2.05) is 53.2 Å². The first-order valence-corrected chi connectivity index (χ1v) is 14.6. The number of halogens is 1. The van der Waals surface area contributed by atoms with Crippen LogP contribution in [0.15, 0.2) is 67.3 Å². The molecule has 1 aliphatic carbocycles. The molecule has 5 rings (SSSR count). The Bertz CT molecular complexity index is 1630. The van der Waals surface area contributed by atoms with Crippen molar-refractivity contribution in [2.75, 3.05) is 11.9 Å². The lowest BCUT2D eigenvalue weighted by atomic mass is 10.0. The molecule has 0 spiro atoms. The van der Waals surface area contributed by atoms with Gasteiger partial charge in [-0.1, -0.05) is 30.3 Å². The number of nitrogens with one attached hydrogen (secondary N) is 1. The van der Waals surface area contributed by atoms with Crippen LogP contribution in [0.1, 0.15) is 27.9 Å². The molecule has 0 saturated heterocycles. The Hall–Kier alpha value is -2.95. The third kappa shape index (κ3) is 6.13. The van der Waals surface area contributed by atoms with Crippen molar-refractivity contribution in [3.8, 4) is 0 Å². The van der Waals surface area contributed by atoms with Crippen molar-refractivity contribution in [3.05, 3.63) is 87.5 Å². The fourth-order valence-corrected chi connectivity index (χ4v) is 5.91. The Morgan fingerprint density at radius 3 is 2.72 bits per heavy atom. The fourth-order valence-electron chi connectivity index (χ4n) is 4.94. The summed E-state index contributed by atoms with van der Waals surface area (Å²) in [5.41, 5.74) is 2.67. The number of carbonyl (C=O) groups excluding carboxylic acids is 1. The van der Waals surface area contributed by atoms with Crippen molar-refractivity contribution < 1.29 is 27.6 Å². The molecule has 204 valence electrons. The first kappa shape index (κ1) is 27.6.